The van der Waals surface area contributed by atoms with Gasteiger partial charge in [-0.15, -0.1) is 0 Å². The fourth-order valence-electron chi connectivity index (χ4n) is 2.23. The summed E-state index contributed by atoms with van der Waals surface area (Å²) < 4.78 is 43.5. The molecule has 2 rings (SSSR count). The van der Waals surface area contributed by atoms with Crippen molar-refractivity contribution in [3.63, 3.8) is 0 Å². The van der Waals surface area contributed by atoms with Crippen molar-refractivity contribution in [2.24, 2.45) is 0 Å². The zero-order valence-corrected chi connectivity index (χ0v) is 14.4. The molecule has 126 valence electrons. The lowest BCUT2D eigenvalue weighted by Gasteiger charge is -2.16. The molecule has 0 amide bonds. The number of rotatable bonds is 6. The first kappa shape index (κ1) is 16.9. The predicted molar refractivity (Wildman–Crippen MR) is 85.0 cm³/mol. The van der Waals surface area contributed by atoms with Gasteiger partial charge < -0.3 is 14.2 Å². The minimum atomic E-state index is -3.86. The van der Waals surface area contributed by atoms with Crippen LogP contribution < -0.4 is 18.9 Å². The van der Waals surface area contributed by atoms with Crippen LogP contribution in [0.1, 0.15) is 11.4 Å². The zero-order valence-electron chi connectivity index (χ0n) is 13.6. The number of anilines is 1. The first-order valence-corrected chi connectivity index (χ1v) is 8.16. The van der Waals surface area contributed by atoms with Crippen LogP contribution in [0.2, 0.25) is 0 Å². The van der Waals surface area contributed by atoms with Gasteiger partial charge in [-0.25, -0.2) is 8.42 Å². The number of nitrogens with one attached hydrogen (secondary N) is 2. The summed E-state index contributed by atoms with van der Waals surface area (Å²) in [5, 5.41) is 6.56. The maximum Gasteiger partial charge on any atom is 0.265 e. The summed E-state index contributed by atoms with van der Waals surface area (Å²) in [4.78, 5) is 0.0948. The Balaban J connectivity index is 2.55. The number of H-pyrrole nitrogens is 1. The molecule has 0 aliphatic heterocycles. The van der Waals surface area contributed by atoms with Gasteiger partial charge in [-0.2, -0.15) is 5.10 Å². The first-order valence-electron chi connectivity index (χ1n) is 6.68. The summed E-state index contributed by atoms with van der Waals surface area (Å²) in [7, 11) is 0.497. The summed E-state index contributed by atoms with van der Waals surface area (Å²) in [5.74, 6) is 1.05. The van der Waals surface area contributed by atoms with Crippen molar-refractivity contribution in [2.75, 3.05) is 26.1 Å². The average molecular weight is 341 g/mol. The van der Waals surface area contributed by atoms with Crippen LogP contribution in [0, 0.1) is 13.8 Å². The van der Waals surface area contributed by atoms with E-state index in [9.17, 15) is 8.42 Å². The zero-order chi connectivity index (χ0) is 17.2. The van der Waals surface area contributed by atoms with Gasteiger partial charge >= 0.3 is 0 Å². The summed E-state index contributed by atoms with van der Waals surface area (Å²) >= 11 is 0. The number of ether oxygens (including phenoxy) is 3. The van der Waals surface area contributed by atoms with Crippen LogP contribution in [0.25, 0.3) is 0 Å². The molecule has 1 heterocycles. The normalized spacial score (nSPS) is 11.2. The van der Waals surface area contributed by atoms with E-state index in [0.717, 1.165) is 0 Å². The SMILES string of the molecule is COc1cc(OC)c(NS(=O)(=O)c2c(C)n[nH]c2C)c(OC)c1. The van der Waals surface area contributed by atoms with Crippen molar-refractivity contribution in [3.8, 4) is 17.2 Å². The predicted octanol–water partition coefficient (Wildman–Crippen LogP) is 1.85. The van der Waals surface area contributed by atoms with E-state index in [1.54, 1.807) is 26.0 Å². The summed E-state index contributed by atoms with van der Waals surface area (Å²) in [6, 6.07) is 3.13. The van der Waals surface area contributed by atoms with E-state index < -0.39 is 10.0 Å². The quantitative estimate of drug-likeness (QED) is 0.831. The molecule has 0 aliphatic carbocycles. The minimum Gasteiger partial charge on any atom is -0.496 e. The second-order valence-electron chi connectivity index (χ2n) is 4.78. The lowest BCUT2D eigenvalue weighted by atomic mass is 10.2. The molecule has 23 heavy (non-hydrogen) atoms. The summed E-state index contributed by atoms with van der Waals surface area (Å²) in [6.07, 6.45) is 0. The van der Waals surface area contributed by atoms with Crippen LogP contribution in [0.15, 0.2) is 17.0 Å². The molecule has 2 aromatic rings. The average Bonchev–Trinajstić information content (AvgIpc) is 2.86. The molecule has 0 atom stereocenters. The van der Waals surface area contributed by atoms with Crippen LogP contribution in [0.5, 0.6) is 17.2 Å². The standard InChI is InChI=1S/C14H19N3O5S/c1-8-14(9(2)16-15-8)23(18,19)17-13-11(21-4)6-10(20-3)7-12(13)22-5/h6-7,17H,1-5H3,(H,15,16). The molecule has 1 aromatic heterocycles. The molecule has 0 fully saturated rings. The Morgan fingerprint density at radius 2 is 1.61 bits per heavy atom. The summed E-state index contributed by atoms with van der Waals surface area (Å²) in [6.45, 7) is 3.25. The monoisotopic (exact) mass is 341 g/mol. The molecule has 0 spiro atoms. The van der Waals surface area contributed by atoms with E-state index in [0.29, 0.717) is 17.1 Å². The molecule has 0 saturated heterocycles. The second-order valence-corrected chi connectivity index (χ2v) is 6.39. The Labute approximate surface area is 134 Å². The molecule has 0 saturated carbocycles. The number of benzene rings is 1. The highest BCUT2D eigenvalue weighted by Gasteiger charge is 2.26. The van der Waals surface area contributed by atoms with Crippen LogP contribution in [-0.4, -0.2) is 39.9 Å². The van der Waals surface area contributed by atoms with Crippen molar-refractivity contribution in [3.05, 3.63) is 23.5 Å². The number of sulfonamides is 1. The number of hydrogen-bond acceptors (Lipinski definition) is 6. The van der Waals surface area contributed by atoms with Crippen LogP contribution in [0.3, 0.4) is 0 Å². The Morgan fingerprint density at radius 1 is 1.04 bits per heavy atom. The van der Waals surface area contributed by atoms with E-state index >= 15 is 0 Å². The van der Waals surface area contributed by atoms with Crippen molar-refractivity contribution >= 4 is 15.7 Å². The van der Waals surface area contributed by atoms with Crippen LogP contribution in [0.4, 0.5) is 5.69 Å². The van der Waals surface area contributed by atoms with Crippen molar-refractivity contribution < 1.29 is 22.6 Å². The Bertz CT molecular complexity index is 769. The number of aromatic amines is 1. The van der Waals surface area contributed by atoms with Gasteiger partial charge in [0.1, 0.15) is 27.8 Å². The molecule has 0 radical (unpaired) electrons. The second kappa shape index (κ2) is 6.37. The van der Waals surface area contributed by atoms with Gasteiger partial charge in [0.25, 0.3) is 10.0 Å². The highest BCUT2D eigenvalue weighted by molar-refractivity contribution is 7.92. The number of aryl methyl sites for hydroxylation is 2. The van der Waals surface area contributed by atoms with Gasteiger partial charge in [0.2, 0.25) is 0 Å². The van der Waals surface area contributed by atoms with Crippen molar-refractivity contribution in [1.29, 1.82) is 0 Å². The number of hydrogen-bond donors (Lipinski definition) is 2. The molecule has 0 unspecified atom stereocenters. The largest absolute Gasteiger partial charge is 0.496 e. The highest BCUT2D eigenvalue weighted by Crippen LogP contribution is 2.40. The molecular formula is C14H19N3O5S. The third-order valence-electron chi connectivity index (χ3n) is 3.28. The van der Waals surface area contributed by atoms with E-state index in [4.69, 9.17) is 14.2 Å². The molecule has 9 heteroatoms. The molecule has 2 N–H and O–H groups in total. The van der Waals surface area contributed by atoms with Crippen molar-refractivity contribution in [2.45, 2.75) is 18.7 Å². The molecule has 0 aliphatic rings. The fraction of sp³-hybridized carbons (Fsp3) is 0.357. The smallest absolute Gasteiger partial charge is 0.265 e. The number of methoxy groups -OCH3 is 3. The first-order chi connectivity index (χ1) is 10.8. The van der Waals surface area contributed by atoms with Gasteiger partial charge in [-0.05, 0) is 13.8 Å². The van der Waals surface area contributed by atoms with Crippen LogP contribution >= 0.6 is 0 Å². The highest BCUT2D eigenvalue weighted by atomic mass is 32.2. The third kappa shape index (κ3) is 3.19. The Kier molecular flexibility index (Phi) is 4.69. The van der Waals surface area contributed by atoms with Gasteiger partial charge in [0.05, 0.1) is 32.7 Å². The van der Waals surface area contributed by atoms with E-state index in [2.05, 4.69) is 14.9 Å². The maximum atomic E-state index is 12.7. The van der Waals surface area contributed by atoms with E-state index in [1.165, 1.54) is 21.3 Å². The summed E-state index contributed by atoms with van der Waals surface area (Å²) in [5.41, 5.74) is 1.01. The van der Waals surface area contributed by atoms with Crippen molar-refractivity contribution in [1.82, 2.24) is 10.2 Å². The fourth-order valence-corrected chi connectivity index (χ4v) is 3.68. The van der Waals surface area contributed by atoms with E-state index in [1.807, 2.05) is 0 Å². The Hall–Kier alpha value is -2.42. The maximum absolute atomic E-state index is 12.7. The molecule has 8 nitrogen and oxygen atoms in total. The van der Waals surface area contributed by atoms with Gasteiger partial charge in [0, 0.05) is 12.1 Å². The van der Waals surface area contributed by atoms with E-state index in [-0.39, 0.29) is 22.1 Å². The lowest BCUT2D eigenvalue weighted by molar-refractivity contribution is 0.378. The molecule has 0 bridgehead atoms. The Morgan fingerprint density at radius 3 is 2.00 bits per heavy atom. The topological polar surface area (TPSA) is 103 Å². The van der Waals surface area contributed by atoms with Gasteiger partial charge in [-0.1, -0.05) is 0 Å². The molecular weight excluding hydrogens is 322 g/mol. The third-order valence-corrected chi connectivity index (χ3v) is 4.89. The van der Waals surface area contributed by atoms with Gasteiger partial charge in [-0.3, -0.25) is 9.82 Å². The molecule has 1 aromatic carbocycles. The minimum absolute atomic E-state index is 0.0948. The van der Waals surface area contributed by atoms with Gasteiger partial charge in [0.15, 0.2) is 0 Å². The lowest BCUT2D eigenvalue weighted by Crippen LogP contribution is -2.16. The number of nitrogens with zero attached hydrogens (tertiary/aromatic N) is 1. The van der Waals surface area contributed by atoms with Crippen LogP contribution in [-0.2, 0) is 10.0 Å². The number of aromatic nitrogens is 2.